The fourth-order valence-corrected chi connectivity index (χ4v) is 1.90. The molecule has 2 rings (SSSR count). The van der Waals surface area contributed by atoms with Crippen LogP contribution in [0.25, 0.3) is 10.8 Å². The van der Waals surface area contributed by atoms with Gasteiger partial charge in [0.1, 0.15) is 5.75 Å². The van der Waals surface area contributed by atoms with Gasteiger partial charge in [-0.25, -0.2) is 0 Å². The summed E-state index contributed by atoms with van der Waals surface area (Å²) >= 11 is 0. The second kappa shape index (κ2) is 4.87. The lowest BCUT2D eigenvalue weighted by molar-refractivity contribution is 0.316. The number of hydrogen-bond acceptors (Lipinski definition) is 3. The van der Waals surface area contributed by atoms with Crippen molar-refractivity contribution in [2.45, 2.75) is 13.3 Å². The first-order valence-electron chi connectivity index (χ1n) is 5.62. The molecule has 17 heavy (non-hydrogen) atoms. The second-order valence-corrected chi connectivity index (χ2v) is 3.82. The largest absolute Gasteiger partial charge is 0.508 e. The van der Waals surface area contributed by atoms with Crippen LogP contribution in [-0.4, -0.2) is 17.6 Å². The van der Waals surface area contributed by atoms with Gasteiger partial charge in [0.15, 0.2) is 5.90 Å². The highest BCUT2D eigenvalue weighted by Crippen LogP contribution is 2.27. The Balaban J connectivity index is 2.44. The molecular weight excluding hydrogens is 214 g/mol. The normalized spacial score (nSPS) is 10.4. The van der Waals surface area contributed by atoms with E-state index < -0.39 is 0 Å². The summed E-state index contributed by atoms with van der Waals surface area (Å²) in [5, 5.41) is 19.6. The molecule has 0 saturated heterocycles. The molecule has 0 aliphatic rings. The third-order valence-electron chi connectivity index (χ3n) is 2.67. The molecule has 0 fully saturated rings. The third-order valence-corrected chi connectivity index (χ3v) is 2.67. The fourth-order valence-electron chi connectivity index (χ4n) is 1.90. The van der Waals surface area contributed by atoms with Gasteiger partial charge in [-0.2, -0.15) is 0 Å². The van der Waals surface area contributed by atoms with E-state index in [2.05, 4.69) is 0 Å². The first kappa shape index (κ1) is 11.5. The van der Waals surface area contributed by atoms with E-state index >= 15 is 0 Å². The van der Waals surface area contributed by atoms with E-state index in [1.54, 1.807) is 6.07 Å². The van der Waals surface area contributed by atoms with Gasteiger partial charge >= 0.3 is 0 Å². The van der Waals surface area contributed by atoms with Gasteiger partial charge in [-0.05, 0) is 23.8 Å². The summed E-state index contributed by atoms with van der Waals surface area (Å²) in [4.78, 5) is 0. The molecule has 0 amide bonds. The molecule has 0 saturated carbocycles. The number of ether oxygens (including phenoxy) is 1. The lowest BCUT2D eigenvalue weighted by Gasteiger charge is -2.10. The maximum Gasteiger partial charge on any atom is 0.185 e. The number of phenolic OH excluding ortho intramolecular Hbond substituents is 1. The molecule has 2 aromatic carbocycles. The third kappa shape index (κ3) is 2.38. The van der Waals surface area contributed by atoms with Gasteiger partial charge in [0, 0.05) is 5.56 Å². The average Bonchev–Trinajstić information content (AvgIpc) is 2.33. The van der Waals surface area contributed by atoms with Crippen LogP contribution in [0, 0.1) is 5.41 Å². The quantitative estimate of drug-likeness (QED) is 0.627. The van der Waals surface area contributed by atoms with E-state index in [-0.39, 0.29) is 11.6 Å². The topological polar surface area (TPSA) is 53.3 Å². The first-order valence-corrected chi connectivity index (χ1v) is 5.62. The Morgan fingerprint density at radius 1 is 1.24 bits per heavy atom. The monoisotopic (exact) mass is 229 g/mol. The van der Waals surface area contributed by atoms with Gasteiger partial charge in [-0.1, -0.05) is 30.3 Å². The van der Waals surface area contributed by atoms with Gasteiger partial charge < -0.3 is 9.84 Å². The van der Waals surface area contributed by atoms with Gasteiger partial charge in [0.25, 0.3) is 0 Å². The van der Waals surface area contributed by atoms with E-state index in [1.807, 2.05) is 37.3 Å². The maximum absolute atomic E-state index is 9.87. The number of rotatable bonds is 3. The zero-order valence-electron chi connectivity index (χ0n) is 9.73. The minimum Gasteiger partial charge on any atom is -0.508 e. The van der Waals surface area contributed by atoms with E-state index in [1.165, 1.54) is 0 Å². The molecule has 88 valence electrons. The molecule has 0 aliphatic carbocycles. The van der Waals surface area contributed by atoms with Crippen molar-refractivity contribution in [2.24, 2.45) is 0 Å². The van der Waals surface area contributed by atoms with Crippen LogP contribution in [-0.2, 0) is 11.2 Å². The zero-order chi connectivity index (χ0) is 12.3. The lowest BCUT2D eigenvalue weighted by atomic mass is 10.0. The lowest BCUT2D eigenvalue weighted by Crippen LogP contribution is -2.07. The second-order valence-electron chi connectivity index (χ2n) is 3.82. The Morgan fingerprint density at radius 2 is 2.00 bits per heavy atom. The molecule has 0 atom stereocenters. The van der Waals surface area contributed by atoms with Gasteiger partial charge in [0.2, 0.25) is 0 Å². The van der Waals surface area contributed by atoms with Crippen molar-refractivity contribution in [1.82, 2.24) is 0 Å². The molecule has 3 heteroatoms. The Morgan fingerprint density at radius 3 is 2.76 bits per heavy atom. The minimum atomic E-state index is 0.180. The highest BCUT2D eigenvalue weighted by Gasteiger charge is 2.09. The highest BCUT2D eigenvalue weighted by molar-refractivity contribution is 5.91. The molecule has 0 unspecified atom stereocenters. The van der Waals surface area contributed by atoms with Crippen LogP contribution in [0.3, 0.4) is 0 Å². The summed E-state index contributed by atoms with van der Waals surface area (Å²) in [6.45, 7) is 2.32. The summed E-state index contributed by atoms with van der Waals surface area (Å²) in [6, 6.07) is 11.4. The standard InChI is InChI=1S/C14H15NO2/c1-2-17-14(15)9-12-11-6-4-3-5-10(11)7-8-13(12)16/h3-8,15-16H,2,9H2,1H3. The number of aromatic hydroxyl groups is 1. The summed E-state index contributed by atoms with van der Waals surface area (Å²) < 4.78 is 5.12. The van der Waals surface area contributed by atoms with Crippen molar-refractivity contribution < 1.29 is 9.84 Å². The van der Waals surface area contributed by atoms with Gasteiger partial charge in [0.05, 0.1) is 13.0 Å². The Labute approximate surface area is 100 Å². The van der Waals surface area contributed by atoms with E-state index in [0.29, 0.717) is 13.0 Å². The summed E-state index contributed by atoms with van der Waals surface area (Å²) in [6.07, 6.45) is 0.320. The maximum atomic E-state index is 9.87. The average molecular weight is 229 g/mol. The number of fused-ring (bicyclic) bond motifs is 1. The minimum absolute atomic E-state index is 0.180. The SMILES string of the molecule is CCOC(=N)Cc1c(O)ccc2ccccc12. The van der Waals surface area contributed by atoms with Crippen molar-refractivity contribution in [2.75, 3.05) is 6.61 Å². The number of phenols is 1. The van der Waals surface area contributed by atoms with E-state index in [9.17, 15) is 5.11 Å². The Kier molecular flexibility index (Phi) is 3.28. The predicted molar refractivity (Wildman–Crippen MR) is 68.7 cm³/mol. The fraction of sp³-hybridized carbons (Fsp3) is 0.214. The molecule has 0 aromatic heterocycles. The zero-order valence-corrected chi connectivity index (χ0v) is 9.73. The van der Waals surface area contributed by atoms with Crippen LogP contribution in [0.15, 0.2) is 36.4 Å². The Hall–Kier alpha value is -2.03. The molecule has 0 spiro atoms. The molecule has 3 nitrogen and oxygen atoms in total. The van der Waals surface area contributed by atoms with Crippen LogP contribution in [0.4, 0.5) is 0 Å². The molecule has 2 N–H and O–H groups in total. The van der Waals surface area contributed by atoms with E-state index in [4.69, 9.17) is 10.1 Å². The molecule has 0 bridgehead atoms. The molecular formula is C14H15NO2. The van der Waals surface area contributed by atoms with Crippen molar-refractivity contribution >= 4 is 16.7 Å². The number of benzene rings is 2. The number of nitrogens with one attached hydrogen (secondary N) is 1. The smallest absolute Gasteiger partial charge is 0.185 e. The van der Waals surface area contributed by atoms with Crippen LogP contribution >= 0.6 is 0 Å². The van der Waals surface area contributed by atoms with Crippen molar-refractivity contribution in [1.29, 1.82) is 5.41 Å². The molecule has 2 aromatic rings. The van der Waals surface area contributed by atoms with Gasteiger partial charge in [-0.3, -0.25) is 5.41 Å². The predicted octanol–water partition coefficient (Wildman–Crippen LogP) is 3.10. The van der Waals surface area contributed by atoms with Crippen molar-refractivity contribution in [3.63, 3.8) is 0 Å². The summed E-state index contributed by atoms with van der Waals surface area (Å²) in [5.74, 6) is 0.396. The van der Waals surface area contributed by atoms with E-state index in [0.717, 1.165) is 16.3 Å². The van der Waals surface area contributed by atoms with Crippen LogP contribution in [0.2, 0.25) is 0 Å². The first-order chi connectivity index (χ1) is 8.22. The van der Waals surface area contributed by atoms with Crippen LogP contribution in [0.5, 0.6) is 5.75 Å². The van der Waals surface area contributed by atoms with Crippen molar-refractivity contribution in [3.8, 4) is 5.75 Å². The molecule has 0 heterocycles. The van der Waals surface area contributed by atoms with Crippen molar-refractivity contribution in [3.05, 3.63) is 42.0 Å². The summed E-state index contributed by atoms with van der Waals surface area (Å²) in [5.41, 5.74) is 0.751. The Bertz CT molecular complexity index is 549. The van der Waals surface area contributed by atoms with Crippen LogP contribution in [0.1, 0.15) is 12.5 Å². The van der Waals surface area contributed by atoms with Crippen LogP contribution < -0.4 is 0 Å². The molecule has 0 aliphatic heterocycles. The number of hydrogen-bond donors (Lipinski definition) is 2. The molecule has 0 radical (unpaired) electrons. The van der Waals surface area contributed by atoms with Gasteiger partial charge in [-0.15, -0.1) is 0 Å². The highest BCUT2D eigenvalue weighted by atomic mass is 16.5. The summed E-state index contributed by atoms with van der Waals surface area (Å²) in [7, 11) is 0.